The number of halogens is 1. The van der Waals surface area contributed by atoms with Crippen LogP contribution in [0.5, 0.6) is 0 Å². The van der Waals surface area contributed by atoms with E-state index in [9.17, 15) is 9.18 Å². The largest absolute Gasteiger partial charge is 0.294 e. The molecule has 0 fully saturated rings. The van der Waals surface area contributed by atoms with E-state index in [1.165, 1.54) is 19.1 Å². The summed E-state index contributed by atoms with van der Waals surface area (Å²) in [5.74, 6) is -0.605. The molecule has 1 heterocycles. The Kier molecular flexibility index (Phi) is 3.95. The Morgan fingerprint density at radius 2 is 1.84 bits per heavy atom. The molecule has 2 aromatic rings. The molecule has 0 spiro atoms. The number of hydrogen-bond donors (Lipinski definition) is 0. The Morgan fingerprint density at radius 1 is 1.21 bits per heavy atom. The van der Waals surface area contributed by atoms with Crippen molar-refractivity contribution >= 4 is 17.5 Å². The van der Waals surface area contributed by atoms with E-state index in [-0.39, 0.29) is 10.7 Å². The molecule has 0 saturated carbocycles. The van der Waals surface area contributed by atoms with Crippen molar-refractivity contribution in [3.63, 3.8) is 0 Å². The van der Waals surface area contributed by atoms with E-state index in [0.29, 0.717) is 10.7 Å². The maximum absolute atomic E-state index is 13.9. The van der Waals surface area contributed by atoms with Crippen molar-refractivity contribution in [3.8, 4) is 0 Å². The second-order valence-electron chi connectivity index (χ2n) is 4.21. The number of aromatic nitrogens is 2. The minimum atomic E-state index is -0.430. The summed E-state index contributed by atoms with van der Waals surface area (Å²) in [4.78, 5) is 20.3. The molecule has 2 rings (SSSR count). The zero-order chi connectivity index (χ0) is 14.0. The molecule has 0 radical (unpaired) electrons. The van der Waals surface area contributed by atoms with Crippen molar-refractivity contribution in [2.75, 3.05) is 0 Å². The summed E-state index contributed by atoms with van der Waals surface area (Å²) < 4.78 is 13.9. The topological polar surface area (TPSA) is 42.9 Å². The van der Waals surface area contributed by atoms with Crippen LogP contribution in [0, 0.1) is 19.7 Å². The van der Waals surface area contributed by atoms with Gasteiger partial charge in [0, 0.05) is 17.0 Å². The van der Waals surface area contributed by atoms with Crippen molar-refractivity contribution < 1.29 is 9.18 Å². The number of Topliss-reactive ketones (excluding diaryl/α,β-unsaturated/α-hetero) is 1. The van der Waals surface area contributed by atoms with Crippen molar-refractivity contribution in [1.29, 1.82) is 0 Å². The first-order valence-corrected chi connectivity index (χ1v) is 6.58. The second-order valence-corrected chi connectivity index (χ2v) is 5.19. The lowest BCUT2D eigenvalue weighted by atomic mass is 10.1. The number of hydrogen-bond acceptors (Lipinski definition) is 4. The van der Waals surface area contributed by atoms with Gasteiger partial charge < -0.3 is 0 Å². The van der Waals surface area contributed by atoms with E-state index < -0.39 is 5.82 Å². The van der Waals surface area contributed by atoms with Crippen LogP contribution >= 0.6 is 11.8 Å². The Morgan fingerprint density at radius 3 is 2.42 bits per heavy atom. The van der Waals surface area contributed by atoms with Crippen LogP contribution in [0.4, 0.5) is 4.39 Å². The van der Waals surface area contributed by atoms with Gasteiger partial charge in [-0.1, -0.05) is 12.1 Å². The summed E-state index contributed by atoms with van der Waals surface area (Å²) in [6, 6.07) is 6.31. The lowest BCUT2D eigenvalue weighted by Crippen LogP contribution is -1.99. The third-order valence-corrected chi connectivity index (χ3v) is 3.49. The molecule has 98 valence electrons. The van der Waals surface area contributed by atoms with E-state index in [0.717, 1.165) is 23.1 Å². The molecule has 0 aliphatic rings. The van der Waals surface area contributed by atoms with Crippen LogP contribution in [0.2, 0.25) is 0 Å². The molecule has 5 heteroatoms. The van der Waals surface area contributed by atoms with Gasteiger partial charge in [-0.25, -0.2) is 14.4 Å². The Hall–Kier alpha value is -1.75. The van der Waals surface area contributed by atoms with Gasteiger partial charge in [-0.3, -0.25) is 4.79 Å². The average Bonchev–Trinajstić information content (AvgIpc) is 2.30. The maximum atomic E-state index is 13.9. The van der Waals surface area contributed by atoms with E-state index >= 15 is 0 Å². The van der Waals surface area contributed by atoms with Crippen molar-refractivity contribution in [1.82, 2.24) is 9.97 Å². The van der Waals surface area contributed by atoms with Crippen LogP contribution in [-0.4, -0.2) is 15.8 Å². The molecule has 3 nitrogen and oxygen atoms in total. The van der Waals surface area contributed by atoms with Crippen LogP contribution in [0.25, 0.3) is 0 Å². The summed E-state index contributed by atoms with van der Waals surface area (Å²) >= 11 is 1.08. The molecule has 0 bridgehead atoms. The highest BCUT2D eigenvalue weighted by molar-refractivity contribution is 7.99. The molecule has 1 aromatic carbocycles. The third kappa shape index (κ3) is 3.17. The summed E-state index contributed by atoms with van der Waals surface area (Å²) in [5, 5.41) is 0.449. The predicted octanol–water partition coefficient (Wildman–Crippen LogP) is 3.59. The van der Waals surface area contributed by atoms with E-state index in [4.69, 9.17) is 0 Å². The molecular formula is C14H13FN2OS. The van der Waals surface area contributed by atoms with Gasteiger partial charge in [-0.05, 0) is 44.7 Å². The van der Waals surface area contributed by atoms with Crippen molar-refractivity contribution in [2.24, 2.45) is 0 Å². The van der Waals surface area contributed by atoms with Crippen LogP contribution < -0.4 is 0 Å². The van der Waals surface area contributed by atoms with Crippen LogP contribution in [0.1, 0.15) is 28.7 Å². The third-order valence-electron chi connectivity index (χ3n) is 2.50. The molecular weight excluding hydrogens is 263 g/mol. The van der Waals surface area contributed by atoms with Gasteiger partial charge in [0.15, 0.2) is 10.9 Å². The zero-order valence-corrected chi connectivity index (χ0v) is 11.7. The van der Waals surface area contributed by atoms with Crippen molar-refractivity contribution in [3.05, 3.63) is 47.0 Å². The van der Waals surface area contributed by atoms with Gasteiger partial charge in [0.1, 0.15) is 5.82 Å². The smallest absolute Gasteiger partial charge is 0.193 e. The predicted molar refractivity (Wildman–Crippen MR) is 72.0 cm³/mol. The number of benzene rings is 1. The maximum Gasteiger partial charge on any atom is 0.193 e. The van der Waals surface area contributed by atoms with Gasteiger partial charge in [0.25, 0.3) is 0 Å². The minimum absolute atomic E-state index is 0.175. The lowest BCUT2D eigenvalue weighted by molar-refractivity contribution is 0.101. The molecule has 0 N–H and O–H groups in total. The normalized spacial score (nSPS) is 10.5. The summed E-state index contributed by atoms with van der Waals surface area (Å²) in [7, 11) is 0. The SMILES string of the molecule is CC(=O)c1cccc(F)c1Sc1nc(C)cc(C)n1. The minimum Gasteiger partial charge on any atom is -0.294 e. The van der Waals surface area contributed by atoms with Gasteiger partial charge in [-0.15, -0.1) is 0 Å². The number of ketones is 1. The Labute approximate surface area is 115 Å². The molecule has 0 unspecified atom stereocenters. The van der Waals surface area contributed by atoms with Gasteiger partial charge in [-0.2, -0.15) is 0 Å². The Balaban J connectivity index is 2.45. The van der Waals surface area contributed by atoms with Gasteiger partial charge >= 0.3 is 0 Å². The Bertz CT molecular complexity index is 623. The molecule has 19 heavy (non-hydrogen) atoms. The highest BCUT2D eigenvalue weighted by Gasteiger charge is 2.15. The second kappa shape index (κ2) is 5.48. The fourth-order valence-electron chi connectivity index (χ4n) is 1.72. The fraction of sp³-hybridized carbons (Fsp3) is 0.214. The zero-order valence-electron chi connectivity index (χ0n) is 10.9. The number of carbonyl (C=O) groups excluding carboxylic acids is 1. The van der Waals surface area contributed by atoms with Gasteiger partial charge in [0.05, 0.1) is 4.90 Å². The lowest BCUT2D eigenvalue weighted by Gasteiger charge is -2.07. The number of carbonyl (C=O) groups is 1. The van der Waals surface area contributed by atoms with E-state index in [1.807, 2.05) is 19.9 Å². The molecule has 0 aliphatic carbocycles. The van der Waals surface area contributed by atoms with E-state index in [2.05, 4.69) is 9.97 Å². The number of aryl methyl sites for hydroxylation is 2. The highest BCUT2D eigenvalue weighted by atomic mass is 32.2. The summed E-state index contributed by atoms with van der Waals surface area (Å²) in [6.45, 7) is 5.12. The molecule has 0 saturated heterocycles. The van der Waals surface area contributed by atoms with E-state index in [1.54, 1.807) is 6.07 Å². The molecule has 0 amide bonds. The number of nitrogens with zero attached hydrogens (tertiary/aromatic N) is 2. The molecule has 1 aromatic heterocycles. The summed E-state index contributed by atoms with van der Waals surface area (Å²) in [5.41, 5.74) is 1.99. The fourth-order valence-corrected chi connectivity index (χ4v) is 2.77. The number of rotatable bonds is 3. The monoisotopic (exact) mass is 276 g/mol. The molecule has 0 atom stereocenters. The quantitative estimate of drug-likeness (QED) is 0.634. The van der Waals surface area contributed by atoms with Gasteiger partial charge in [0.2, 0.25) is 0 Å². The van der Waals surface area contributed by atoms with Crippen LogP contribution in [-0.2, 0) is 0 Å². The first kappa shape index (κ1) is 13.7. The van der Waals surface area contributed by atoms with Crippen LogP contribution in [0.3, 0.4) is 0 Å². The van der Waals surface area contributed by atoms with Crippen molar-refractivity contribution in [2.45, 2.75) is 30.8 Å². The standard InChI is InChI=1S/C14H13FN2OS/c1-8-7-9(2)17-14(16-8)19-13-11(10(3)18)5-4-6-12(13)15/h4-7H,1-3H3. The summed E-state index contributed by atoms with van der Waals surface area (Å²) in [6.07, 6.45) is 0. The first-order chi connectivity index (χ1) is 8.97. The molecule has 0 aliphatic heterocycles. The van der Waals surface area contributed by atoms with Crippen LogP contribution in [0.15, 0.2) is 34.3 Å². The highest BCUT2D eigenvalue weighted by Crippen LogP contribution is 2.31. The first-order valence-electron chi connectivity index (χ1n) is 5.77. The average molecular weight is 276 g/mol.